The zero-order chi connectivity index (χ0) is 21.6. The van der Waals surface area contributed by atoms with Crippen LogP contribution in [0, 0.1) is 11.8 Å². The molecule has 1 spiro atoms. The van der Waals surface area contributed by atoms with E-state index in [9.17, 15) is 0 Å². The number of hydrogen-bond donors (Lipinski definition) is 0. The molecule has 2 aliphatic carbocycles. The Labute approximate surface area is 193 Å². The zero-order valence-electron chi connectivity index (χ0n) is 18.0. The van der Waals surface area contributed by atoms with E-state index in [2.05, 4.69) is 19.0 Å². The summed E-state index contributed by atoms with van der Waals surface area (Å²) in [5, 5.41) is 5.51. The van der Waals surface area contributed by atoms with Crippen LogP contribution in [0.15, 0.2) is 22.7 Å². The molecular formula is C24H29Cl2NO4. The van der Waals surface area contributed by atoms with Gasteiger partial charge >= 0.3 is 0 Å². The van der Waals surface area contributed by atoms with E-state index in [0.29, 0.717) is 47.4 Å². The highest BCUT2D eigenvalue weighted by molar-refractivity contribution is 6.39. The molecule has 1 aliphatic heterocycles. The molecule has 0 N–H and O–H groups in total. The smallest absolute Gasteiger partial charge is 0.173 e. The predicted octanol–water partition coefficient (Wildman–Crippen LogP) is 6.61. The van der Waals surface area contributed by atoms with E-state index in [-0.39, 0.29) is 12.0 Å². The minimum atomic E-state index is -0.443. The van der Waals surface area contributed by atoms with Gasteiger partial charge in [0.05, 0.1) is 36.0 Å². The van der Waals surface area contributed by atoms with Crippen LogP contribution < -0.4 is 0 Å². The molecule has 3 fully saturated rings. The summed E-state index contributed by atoms with van der Waals surface area (Å²) in [6.45, 7) is 6.22. The Morgan fingerprint density at radius 2 is 1.84 bits per heavy atom. The van der Waals surface area contributed by atoms with Gasteiger partial charge in [-0.15, -0.1) is 0 Å². The molecule has 3 atom stereocenters. The van der Waals surface area contributed by atoms with E-state index in [0.717, 1.165) is 49.0 Å². The minimum Gasteiger partial charge on any atom is -0.373 e. The van der Waals surface area contributed by atoms with Crippen molar-refractivity contribution in [2.45, 2.75) is 70.4 Å². The first-order valence-electron chi connectivity index (χ1n) is 11.4. The number of rotatable bonds is 6. The highest BCUT2D eigenvalue weighted by Crippen LogP contribution is 2.48. The molecule has 0 bridgehead atoms. The Morgan fingerprint density at radius 1 is 1.13 bits per heavy atom. The third-order valence-electron chi connectivity index (χ3n) is 7.08. The SMILES string of the molecule is CCC1CC(OCc2c(-c3c(Cl)cccc3Cl)noc2C2CC2)CC(C)C12OCCO2. The average molecular weight is 466 g/mol. The van der Waals surface area contributed by atoms with Crippen LogP contribution in [-0.2, 0) is 20.8 Å². The molecule has 2 heterocycles. The minimum absolute atomic E-state index is 0.134. The lowest BCUT2D eigenvalue weighted by atomic mass is 9.73. The van der Waals surface area contributed by atoms with Crippen molar-refractivity contribution in [3.8, 4) is 11.3 Å². The Morgan fingerprint density at radius 3 is 2.48 bits per heavy atom. The molecule has 1 aromatic heterocycles. The maximum absolute atomic E-state index is 6.50. The van der Waals surface area contributed by atoms with E-state index in [1.807, 2.05) is 18.2 Å². The van der Waals surface area contributed by atoms with Crippen LogP contribution in [0.25, 0.3) is 11.3 Å². The average Bonchev–Trinajstić information content (AvgIpc) is 3.33. The molecule has 168 valence electrons. The van der Waals surface area contributed by atoms with Crippen LogP contribution in [-0.4, -0.2) is 30.3 Å². The van der Waals surface area contributed by atoms with Crippen molar-refractivity contribution >= 4 is 23.2 Å². The molecule has 0 amide bonds. The van der Waals surface area contributed by atoms with Crippen molar-refractivity contribution in [2.75, 3.05) is 13.2 Å². The highest BCUT2D eigenvalue weighted by atomic mass is 35.5. The van der Waals surface area contributed by atoms with Crippen molar-refractivity contribution in [3.63, 3.8) is 0 Å². The molecule has 3 unspecified atom stereocenters. The van der Waals surface area contributed by atoms with Crippen LogP contribution >= 0.6 is 23.2 Å². The number of benzene rings is 1. The topological polar surface area (TPSA) is 53.7 Å². The quantitative estimate of drug-likeness (QED) is 0.480. The summed E-state index contributed by atoms with van der Waals surface area (Å²) in [7, 11) is 0. The Hall–Kier alpha value is -1.11. The van der Waals surface area contributed by atoms with Gasteiger partial charge in [-0.3, -0.25) is 0 Å². The van der Waals surface area contributed by atoms with Crippen LogP contribution in [0.3, 0.4) is 0 Å². The number of aromatic nitrogens is 1. The molecule has 31 heavy (non-hydrogen) atoms. The molecule has 0 radical (unpaired) electrons. The van der Waals surface area contributed by atoms with Gasteiger partial charge < -0.3 is 18.7 Å². The summed E-state index contributed by atoms with van der Waals surface area (Å²) in [4.78, 5) is 0. The predicted molar refractivity (Wildman–Crippen MR) is 119 cm³/mol. The lowest BCUT2D eigenvalue weighted by Crippen LogP contribution is -2.51. The second-order valence-electron chi connectivity index (χ2n) is 9.07. The van der Waals surface area contributed by atoms with Crippen LogP contribution in [0.4, 0.5) is 0 Å². The van der Waals surface area contributed by atoms with Gasteiger partial charge in [0.1, 0.15) is 11.5 Å². The number of hydrogen-bond acceptors (Lipinski definition) is 5. The maximum Gasteiger partial charge on any atom is 0.173 e. The Balaban J connectivity index is 1.38. The molecule has 2 saturated carbocycles. The monoisotopic (exact) mass is 465 g/mol. The van der Waals surface area contributed by atoms with Crippen LogP contribution in [0.1, 0.15) is 63.2 Å². The third-order valence-corrected chi connectivity index (χ3v) is 7.71. The van der Waals surface area contributed by atoms with Gasteiger partial charge in [0.2, 0.25) is 0 Å². The summed E-state index contributed by atoms with van der Waals surface area (Å²) in [5.41, 5.74) is 2.40. The molecule has 3 aliphatic rings. The van der Waals surface area contributed by atoms with Crippen molar-refractivity contribution in [2.24, 2.45) is 11.8 Å². The van der Waals surface area contributed by atoms with Crippen molar-refractivity contribution in [1.29, 1.82) is 0 Å². The van der Waals surface area contributed by atoms with Gasteiger partial charge in [-0.05, 0) is 44.2 Å². The van der Waals surface area contributed by atoms with Gasteiger partial charge in [-0.25, -0.2) is 0 Å². The zero-order valence-corrected chi connectivity index (χ0v) is 19.5. The summed E-state index contributed by atoms with van der Waals surface area (Å²) >= 11 is 13.0. The summed E-state index contributed by atoms with van der Waals surface area (Å²) in [6.07, 6.45) is 5.21. The highest BCUT2D eigenvalue weighted by Gasteiger charge is 2.52. The van der Waals surface area contributed by atoms with E-state index in [4.69, 9.17) is 41.9 Å². The van der Waals surface area contributed by atoms with Crippen molar-refractivity contribution in [1.82, 2.24) is 5.16 Å². The normalized spacial score (nSPS) is 27.8. The summed E-state index contributed by atoms with van der Waals surface area (Å²) in [5.74, 6) is 1.49. The Kier molecular flexibility index (Phi) is 6.08. The molecule has 7 heteroatoms. The molecule has 2 aromatic rings. The first kappa shape index (κ1) is 21.7. The van der Waals surface area contributed by atoms with Gasteiger partial charge in [-0.2, -0.15) is 0 Å². The van der Waals surface area contributed by atoms with E-state index < -0.39 is 5.79 Å². The van der Waals surface area contributed by atoms with Crippen molar-refractivity contribution in [3.05, 3.63) is 39.6 Å². The largest absolute Gasteiger partial charge is 0.373 e. The second-order valence-corrected chi connectivity index (χ2v) is 9.89. The summed E-state index contributed by atoms with van der Waals surface area (Å²) in [6, 6.07) is 5.49. The standard InChI is InChI=1S/C24H29Cl2NO4/c1-3-16-12-17(11-14(2)24(16)29-9-10-30-24)28-13-18-22(27-31-23(18)15-7-8-15)21-19(25)5-4-6-20(21)26/h4-6,14-17H,3,7-13H2,1-2H3. The summed E-state index contributed by atoms with van der Waals surface area (Å²) < 4.78 is 24.5. The van der Waals surface area contributed by atoms with Crippen LogP contribution in [0.5, 0.6) is 0 Å². The van der Waals surface area contributed by atoms with Gasteiger partial charge in [0, 0.05) is 28.9 Å². The van der Waals surface area contributed by atoms with Gasteiger partial charge in [0.25, 0.3) is 0 Å². The molecule has 1 aromatic carbocycles. The van der Waals surface area contributed by atoms with Gasteiger partial charge in [-0.1, -0.05) is 48.3 Å². The van der Waals surface area contributed by atoms with Crippen molar-refractivity contribution < 1.29 is 18.7 Å². The third kappa shape index (κ3) is 3.93. The lowest BCUT2D eigenvalue weighted by molar-refractivity contribution is -0.257. The maximum atomic E-state index is 6.50. The van der Waals surface area contributed by atoms with E-state index in [1.54, 1.807) is 0 Å². The number of nitrogens with zero attached hydrogens (tertiary/aromatic N) is 1. The lowest BCUT2D eigenvalue weighted by Gasteiger charge is -2.46. The van der Waals surface area contributed by atoms with Gasteiger partial charge in [0.15, 0.2) is 5.79 Å². The van der Waals surface area contributed by atoms with Crippen LogP contribution in [0.2, 0.25) is 10.0 Å². The Bertz CT molecular complexity index is 915. The van der Waals surface area contributed by atoms with E-state index >= 15 is 0 Å². The second kappa shape index (κ2) is 8.68. The fourth-order valence-electron chi connectivity index (χ4n) is 5.34. The first-order valence-corrected chi connectivity index (χ1v) is 12.1. The first-order chi connectivity index (χ1) is 15.0. The fourth-order valence-corrected chi connectivity index (χ4v) is 5.92. The fraction of sp³-hybridized carbons (Fsp3) is 0.625. The molecule has 1 saturated heterocycles. The molecular weight excluding hydrogens is 437 g/mol. The number of halogens is 2. The van der Waals surface area contributed by atoms with E-state index in [1.165, 1.54) is 0 Å². The molecule has 5 nitrogen and oxygen atoms in total. The number of ether oxygens (including phenoxy) is 3. The molecule has 5 rings (SSSR count).